The number of carbonyl (C=O) groups excluding carboxylic acids is 2. The first-order valence-corrected chi connectivity index (χ1v) is 11.2. The van der Waals surface area contributed by atoms with Crippen LogP contribution >= 0.6 is 23.2 Å². The van der Waals surface area contributed by atoms with Crippen molar-refractivity contribution in [1.29, 1.82) is 0 Å². The zero-order chi connectivity index (χ0) is 22.3. The molecule has 1 amide bonds. The molecule has 0 spiro atoms. The highest BCUT2D eigenvalue weighted by molar-refractivity contribution is 6.35. The number of amides is 1. The fourth-order valence-corrected chi connectivity index (χ4v) is 5.22. The number of hydrogen-bond donors (Lipinski definition) is 0. The van der Waals surface area contributed by atoms with E-state index in [9.17, 15) is 9.59 Å². The van der Waals surface area contributed by atoms with E-state index in [2.05, 4.69) is 13.8 Å². The molecule has 0 radical (unpaired) electrons. The van der Waals surface area contributed by atoms with Gasteiger partial charge in [0.05, 0.1) is 12.3 Å². The Labute approximate surface area is 192 Å². The van der Waals surface area contributed by atoms with Crippen LogP contribution in [0, 0.1) is 5.41 Å². The summed E-state index contributed by atoms with van der Waals surface area (Å²) in [6.07, 6.45) is 1.23. The van der Waals surface area contributed by atoms with Crippen LogP contribution in [0.3, 0.4) is 0 Å². The molecular weight excluding hydrogens is 433 g/mol. The molecule has 1 atom stereocenters. The first-order chi connectivity index (χ1) is 14.7. The van der Waals surface area contributed by atoms with Crippen LogP contribution in [0.2, 0.25) is 10.0 Å². The maximum Gasteiger partial charge on any atom is 0.232 e. The molecule has 1 aliphatic carbocycles. The SMILES string of the molecule is CCOc1ccccc1C1CC(=O)N(c2cc(Cl)cc(Cl)c2)C2=C1C(=O)CC(C)(C)C2. The number of anilines is 1. The zero-order valence-electron chi connectivity index (χ0n) is 17.9. The number of ether oxygens (including phenoxy) is 1. The summed E-state index contributed by atoms with van der Waals surface area (Å²) in [4.78, 5) is 28.6. The topological polar surface area (TPSA) is 46.6 Å². The van der Waals surface area contributed by atoms with Crippen LogP contribution in [-0.2, 0) is 9.59 Å². The van der Waals surface area contributed by atoms with Gasteiger partial charge in [0.25, 0.3) is 0 Å². The number of carbonyl (C=O) groups is 2. The molecule has 0 fully saturated rings. The predicted molar refractivity (Wildman–Crippen MR) is 124 cm³/mol. The lowest BCUT2D eigenvalue weighted by Crippen LogP contribution is -2.43. The van der Waals surface area contributed by atoms with Crippen molar-refractivity contribution in [1.82, 2.24) is 0 Å². The summed E-state index contributed by atoms with van der Waals surface area (Å²) in [5, 5.41) is 0.894. The van der Waals surface area contributed by atoms with Crippen molar-refractivity contribution in [2.45, 2.75) is 46.0 Å². The maximum atomic E-state index is 13.5. The molecule has 0 saturated heterocycles. The third-order valence-corrected chi connectivity index (χ3v) is 6.28. The van der Waals surface area contributed by atoms with E-state index >= 15 is 0 Å². The summed E-state index contributed by atoms with van der Waals surface area (Å²) >= 11 is 12.5. The Morgan fingerprint density at radius 2 is 1.74 bits per heavy atom. The van der Waals surface area contributed by atoms with Gasteiger partial charge in [-0.1, -0.05) is 55.2 Å². The highest BCUT2D eigenvalue weighted by Gasteiger charge is 2.45. The molecule has 2 aliphatic rings. The summed E-state index contributed by atoms with van der Waals surface area (Å²) in [6.45, 7) is 6.55. The second kappa shape index (κ2) is 8.33. The summed E-state index contributed by atoms with van der Waals surface area (Å²) in [5.74, 6) is 0.373. The lowest BCUT2D eigenvalue weighted by molar-refractivity contribution is -0.121. The van der Waals surface area contributed by atoms with Crippen LogP contribution in [0.1, 0.15) is 51.5 Å². The van der Waals surface area contributed by atoms with Crippen molar-refractivity contribution in [2.24, 2.45) is 5.41 Å². The molecule has 2 aromatic carbocycles. The maximum absolute atomic E-state index is 13.5. The third-order valence-electron chi connectivity index (χ3n) is 5.84. The van der Waals surface area contributed by atoms with Crippen LogP contribution in [0.4, 0.5) is 5.69 Å². The molecule has 1 aliphatic heterocycles. The van der Waals surface area contributed by atoms with Gasteiger partial charge in [-0.3, -0.25) is 14.5 Å². The second-order valence-corrected chi connectivity index (χ2v) is 9.76. The van der Waals surface area contributed by atoms with Gasteiger partial charge >= 0.3 is 0 Å². The smallest absolute Gasteiger partial charge is 0.232 e. The van der Waals surface area contributed by atoms with Crippen LogP contribution < -0.4 is 9.64 Å². The number of halogens is 2. The molecule has 0 aromatic heterocycles. The molecular formula is C25H25Cl2NO3. The van der Waals surface area contributed by atoms with Crippen LogP contribution in [0.5, 0.6) is 5.75 Å². The summed E-state index contributed by atoms with van der Waals surface area (Å²) in [6, 6.07) is 12.7. The standard InChI is InChI=1S/C25H25Cl2NO3/c1-4-31-22-8-6-5-7-18(22)19-12-23(30)28(17-10-15(26)9-16(27)11-17)20-13-25(2,3)14-21(29)24(19)20/h5-11,19H,4,12-14H2,1-3H3. The van der Waals surface area contributed by atoms with Gasteiger partial charge in [0, 0.05) is 45.6 Å². The number of para-hydroxylation sites is 1. The van der Waals surface area contributed by atoms with Gasteiger partial charge in [-0.05, 0) is 43.0 Å². The number of hydrogen-bond acceptors (Lipinski definition) is 3. The molecule has 162 valence electrons. The minimum absolute atomic E-state index is 0.0770. The molecule has 1 unspecified atom stereocenters. The van der Waals surface area contributed by atoms with E-state index in [1.54, 1.807) is 23.1 Å². The first kappa shape index (κ1) is 21.9. The van der Waals surface area contributed by atoms with Crippen LogP contribution in [0.15, 0.2) is 53.7 Å². The van der Waals surface area contributed by atoms with Crippen LogP contribution in [0.25, 0.3) is 0 Å². The molecule has 0 N–H and O–H groups in total. The van der Waals surface area contributed by atoms with E-state index in [1.807, 2.05) is 31.2 Å². The number of nitrogens with zero attached hydrogens (tertiary/aromatic N) is 1. The number of benzene rings is 2. The average Bonchev–Trinajstić information content (AvgIpc) is 2.66. The van der Waals surface area contributed by atoms with Gasteiger partial charge in [0.15, 0.2) is 5.78 Å². The molecule has 4 rings (SSSR count). The highest BCUT2D eigenvalue weighted by Crippen LogP contribution is 2.49. The van der Waals surface area contributed by atoms with Crippen molar-refractivity contribution in [2.75, 3.05) is 11.5 Å². The Hall–Kier alpha value is -2.30. The fraction of sp³-hybridized carbons (Fsp3) is 0.360. The molecule has 31 heavy (non-hydrogen) atoms. The van der Waals surface area contributed by atoms with Crippen molar-refractivity contribution < 1.29 is 14.3 Å². The fourth-order valence-electron chi connectivity index (χ4n) is 4.70. The van der Waals surface area contributed by atoms with Gasteiger partial charge in [-0.25, -0.2) is 0 Å². The minimum atomic E-state index is -0.334. The van der Waals surface area contributed by atoms with Crippen molar-refractivity contribution in [3.63, 3.8) is 0 Å². The Morgan fingerprint density at radius 1 is 1.06 bits per heavy atom. The molecule has 0 bridgehead atoms. The lowest BCUT2D eigenvalue weighted by Gasteiger charge is -2.43. The Kier molecular flexibility index (Phi) is 5.89. The van der Waals surface area contributed by atoms with Gasteiger partial charge in [0.1, 0.15) is 5.75 Å². The van der Waals surface area contributed by atoms with E-state index in [0.717, 1.165) is 11.3 Å². The van der Waals surface area contributed by atoms with Gasteiger partial charge in [0.2, 0.25) is 5.91 Å². The third kappa shape index (κ3) is 4.24. The second-order valence-electron chi connectivity index (χ2n) is 8.89. The van der Waals surface area contributed by atoms with Gasteiger partial charge in [-0.15, -0.1) is 0 Å². The monoisotopic (exact) mass is 457 g/mol. The number of Topliss-reactive ketones (excluding diaryl/α,β-unsaturated/α-hetero) is 1. The van der Waals surface area contributed by atoms with E-state index in [-0.39, 0.29) is 29.4 Å². The Bertz CT molecular complexity index is 1070. The van der Waals surface area contributed by atoms with E-state index < -0.39 is 0 Å². The summed E-state index contributed by atoms with van der Waals surface area (Å²) in [5.41, 5.74) is 2.66. The molecule has 0 saturated carbocycles. The first-order valence-electron chi connectivity index (χ1n) is 10.5. The number of ketones is 1. The molecule has 4 nitrogen and oxygen atoms in total. The molecule has 6 heteroatoms. The van der Waals surface area contributed by atoms with E-state index in [4.69, 9.17) is 27.9 Å². The van der Waals surface area contributed by atoms with Crippen molar-refractivity contribution >= 4 is 40.6 Å². The summed E-state index contributed by atoms with van der Waals surface area (Å²) in [7, 11) is 0. The van der Waals surface area contributed by atoms with E-state index in [0.29, 0.717) is 46.5 Å². The summed E-state index contributed by atoms with van der Waals surface area (Å²) < 4.78 is 5.83. The Balaban J connectivity index is 1.92. The number of allylic oxidation sites excluding steroid dienone is 2. The average molecular weight is 458 g/mol. The van der Waals surface area contributed by atoms with Crippen LogP contribution in [-0.4, -0.2) is 18.3 Å². The van der Waals surface area contributed by atoms with Gasteiger partial charge < -0.3 is 4.74 Å². The normalized spacial score (nSPS) is 20.7. The largest absolute Gasteiger partial charge is 0.494 e. The molecule has 2 aromatic rings. The minimum Gasteiger partial charge on any atom is -0.494 e. The highest BCUT2D eigenvalue weighted by atomic mass is 35.5. The van der Waals surface area contributed by atoms with Crippen molar-refractivity contribution in [3.05, 3.63) is 69.3 Å². The predicted octanol–water partition coefficient (Wildman–Crippen LogP) is 6.56. The zero-order valence-corrected chi connectivity index (χ0v) is 19.4. The van der Waals surface area contributed by atoms with E-state index in [1.165, 1.54) is 0 Å². The Morgan fingerprint density at radius 3 is 2.42 bits per heavy atom. The number of rotatable bonds is 4. The quantitative estimate of drug-likeness (QED) is 0.522. The van der Waals surface area contributed by atoms with Gasteiger partial charge in [-0.2, -0.15) is 0 Å². The lowest BCUT2D eigenvalue weighted by atomic mass is 9.69. The van der Waals surface area contributed by atoms with Crippen molar-refractivity contribution in [3.8, 4) is 5.75 Å². The molecule has 1 heterocycles.